The molecule has 1 atom stereocenters. The molecule has 0 aromatic carbocycles. The van der Waals surface area contributed by atoms with E-state index in [1.807, 2.05) is 0 Å². The van der Waals surface area contributed by atoms with Crippen LogP contribution in [-0.4, -0.2) is 40.5 Å². The molecule has 8 heteroatoms. The summed E-state index contributed by atoms with van der Waals surface area (Å²) in [5.41, 5.74) is 5.54. The summed E-state index contributed by atoms with van der Waals surface area (Å²) < 4.78 is 0. The Morgan fingerprint density at radius 2 is 2.26 bits per heavy atom. The van der Waals surface area contributed by atoms with Crippen LogP contribution in [-0.2, 0) is 9.59 Å². The number of nitrogen functional groups attached to an aromatic ring is 1. The molecule has 2 rings (SSSR count). The number of aromatic carboxylic acids is 1. The zero-order valence-electron chi connectivity index (χ0n) is 10.1. The Morgan fingerprint density at radius 3 is 2.89 bits per heavy atom. The fourth-order valence-corrected chi connectivity index (χ4v) is 1.87. The van der Waals surface area contributed by atoms with Crippen molar-refractivity contribution in [2.24, 2.45) is 0 Å². The van der Waals surface area contributed by atoms with E-state index >= 15 is 0 Å². The average Bonchev–Trinajstić information content (AvgIpc) is 2.34. The maximum absolute atomic E-state index is 11.6. The lowest BCUT2D eigenvalue weighted by atomic mass is 10.1. The summed E-state index contributed by atoms with van der Waals surface area (Å²) in [5, 5.41) is 11.3. The number of nitrogens with zero attached hydrogens (tertiary/aromatic N) is 2. The number of hydrogen-bond acceptors (Lipinski definition) is 6. The van der Waals surface area contributed by atoms with Crippen molar-refractivity contribution in [1.29, 1.82) is 0 Å². The highest BCUT2D eigenvalue weighted by Gasteiger charge is 2.32. The van der Waals surface area contributed by atoms with E-state index in [4.69, 9.17) is 10.8 Å². The number of hydrogen-bond donors (Lipinski definition) is 3. The number of nitrogens with two attached hydrogens (primary N) is 1. The molecule has 8 nitrogen and oxygen atoms in total. The normalized spacial score (nSPS) is 19.2. The molecule has 1 aromatic rings. The molecule has 0 saturated carbocycles. The molecule has 1 aliphatic rings. The zero-order chi connectivity index (χ0) is 14.2. The second-order valence-electron chi connectivity index (χ2n) is 4.15. The summed E-state index contributed by atoms with van der Waals surface area (Å²) in [5.74, 6) is -2.11. The lowest BCUT2D eigenvalue weighted by Gasteiger charge is -2.33. The minimum Gasteiger partial charge on any atom is -0.478 e. The number of carboxylic acids is 1. The number of imide groups is 1. The Kier molecular flexibility index (Phi) is 3.07. The van der Waals surface area contributed by atoms with Gasteiger partial charge in [0.1, 0.15) is 11.9 Å². The number of carbonyl (C=O) groups excluding carboxylic acids is 2. The predicted molar refractivity (Wildman–Crippen MR) is 65.6 cm³/mol. The molecule has 0 aliphatic carbocycles. The van der Waals surface area contributed by atoms with Crippen LogP contribution in [0.15, 0.2) is 12.3 Å². The summed E-state index contributed by atoms with van der Waals surface area (Å²) in [6.07, 6.45) is 1.25. The van der Waals surface area contributed by atoms with Gasteiger partial charge in [-0.25, -0.2) is 9.78 Å². The van der Waals surface area contributed by atoms with E-state index < -0.39 is 23.8 Å². The summed E-state index contributed by atoms with van der Waals surface area (Å²) in [7, 11) is 0. The maximum atomic E-state index is 11.6. The first kappa shape index (κ1) is 12.8. The molecule has 1 fully saturated rings. The van der Waals surface area contributed by atoms with E-state index in [1.54, 1.807) is 6.92 Å². The molecule has 0 spiro atoms. The maximum Gasteiger partial charge on any atom is 0.338 e. The van der Waals surface area contributed by atoms with Gasteiger partial charge >= 0.3 is 5.97 Å². The molecule has 0 bridgehead atoms. The number of carboxylic acid groups (broad SMARTS) is 1. The minimum absolute atomic E-state index is 0.0570. The minimum atomic E-state index is -1.20. The van der Waals surface area contributed by atoms with Gasteiger partial charge in [-0.1, -0.05) is 0 Å². The number of piperazine rings is 1. The lowest BCUT2D eigenvalue weighted by molar-refractivity contribution is -0.132. The van der Waals surface area contributed by atoms with Crippen LogP contribution in [0.4, 0.5) is 11.5 Å². The number of anilines is 2. The molecule has 1 unspecified atom stereocenters. The summed E-state index contributed by atoms with van der Waals surface area (Å²) in [4.78, 5) is 39.3. The van der Waals surface area contributed by atoms with Crippen molar-refractivity contribution in [3.63, 3.8) is 0 Å². The molecule has 100 valence electrons. The number of nitrogens with one attached hydrogen (secondary N) is 1. The largest absolute Gasteiger partial charge is 0.478 e. The molecular formula is C11H12N4O4. The summed E-state index contributed by atoms with van der Waals surface area (Å²) in [6.45, 7) is 1.46. The number of aromatic nitrogens is 1. The highest BCUT2D eigenvalue weighted by Crippen LogP contribution is 2.24. The quantitative estimate of drug-likeness (QED) is 0.598. The Labute approximate surface area is 108 Å². The Bertz CT molecular complexity index is 572. The van der Waals surface area contributed by atoms with Gasteiger partial charge in [-0.05, 0) is 13.0 Å². The van der Waals surface area contributed by atoms with Crippen LogP contribution < -0.4 is 16.0 Å². The van der Waals surface area contributed by atoms with Gasteiger partial charge in [-0.3, -0.25) is 14.9 Å². The second-order valence-corrected chi connectivity index (χ2v) is 4.15. The number of carbonyl (C=O) groups is 3. The molecule has 1 aromatic heterocycles. The molecule has 1 saturated heterocycles. The molecule has 4 N–H and O–H groups in total. The number of pyridine rings is 1. The van der Waals surface area contributed by atoms with Gasteiger partial charge < -0.3 is 15.7 Å². The number of rotatable bonds is 2. The SMILES string of the molecule is CC1C(=O)NC(=O)CN1c1cnc(N)cc1C(=O)O. The third kappa shape index (κ3) is 2.32. The highest BCUT2D eigenvalue weighted by molar-refractivity contribution is 6.06. The number of amides is 2. The average molecular weight is 264 g/mol. The summed E-state index contributed by atoms with van der Waals surface area (Å²) in [6, 6.07) is 0.530. The molecular weight excluding hydrogens is 252 g/mol. The predicted octanol–water partition coefficient (Wildman–Crippen LogP) is -0.787. The van der Waals surface area contributed by atoms with E-state index in [1.165, 1.54) is 17.2 Å². The van der Waals surface area contributed by atoms with Crippen LogP contribution in [0.2, 0.25) is 0 Å². The highest BCUT2D eigenvalue weighted by atomic mass is 16.4. The van der Waals surface area contributed by atoms with Gasteiger partial charge in [0.2, 0.25) is 11.8 Å². The first-order valence-electron chi connectivity index (χ1n) is 5.49. The van der Waals surface area contributed by atoms with Crippen molar-refractivity contribution in [1.82, 2.24) is 10.3 Å². The smallest absolute Gasteiger partial charge is 0.338 e. The Balaban J connectivity index is 2.48. The van der Waals surface area contributed by atoms with E-state index in [0.717, 1.165) is 0 Å². The standard InChI is InChI=1S/C11H12N4O4/c1-5-10(17)14-9(16)4-15(5)7-3-13-8(12)2-6(7)11(18)19/h2-3,5H,4H2,1H3,(H2,12,13)(H,18,19)(H,14,16,17). The van der Waals surface area contributed by atoms with Crippen molar-refractivity contribution in [2.45, 2.75) is 13.0 Å². The van der Waals surface area contributed by atoms with Crippen LogP contribution in [0.5, 0.6) is 0 Å². The van der Waals surface area contributed by atoms with Gasteiger partial charge in [0.05, 0.1) is 24.0 Å². The van der Waals surface area contributed by atoms with Crippen LogP contribution >= 0.6 is 0 Å². The van der Waals surface area contributed by atoms with E-state index in [2.05, 4.69) is 10.3 Å². The Morgan fingerprint density at radius 1 is 1.58 bits per heavy atom. The first-order valence-corrected chi connectivity index (χ1v) is 5.49. The molecule has 2 amide bonds. The van der Waals surface area contributed by atoms with Gasteiger partial charge in [0.15, 0.2) is 0 Å². The van der Waals surface area contributed by atoms with Crippen LogP contribution in [0, 0.1) is 0 Å². The molecule has 19 heavy (non-hydrogen) atoms. The van der Waals surface area contributed by atoms with Gasteiger partial charge in [0, 0.05) is 0 Å². The van der Waals surface area contributed by atoms with Gasteiger partial charge in [-0.2, -0.15) is 0 Å². The van der Waals surface area contributed by atoms with Crippen LogP contribution in [0.3, 0.4) is 0 Å². The van der Waals surface area contributed by atoms with Crippen molar-refractivity contribution >= 4 is 29.3 Å². The summed E-state index contributed by atoms with van der Waals surface area (Å²) >= 11 is 0. The third-order valence-corrected chi connectivity index (χ3v) is 2.87. The van der Waals surface area contributed by atoms with Crippen molar-refractivity contribution in [3.05, 3.63) is 17.8 Å². The first-order chi connectivity index (χ1) is 8.90. The van der Waals surface area contributed by atoms with Crippen LogP contribution in [0.1, 0.15) is 17.3 Å². The van der Waals surface area contributed by atoms with E-state index in [9.17, 15) is 14.4 Å². The van der Waals surface area contributed by atoms with E-state index in [-0.39, 0.29) is 23.6 Å². The monoisotopic (exact) mass is 264 g/mol. The van der Waals surface area contributed by atoms with E-state index in [0.29, 0.717) is 0 Å². The zero-order valence-corrected chi connectivity index (χ0v) is 10.1. The lowest BCUT2D eigenvalue weighted by Crippen LogP contribution is -2.57. The van der Waals surface area contributed by atoms with Crippen LogP contribution in [0.25, 0.3) is 0 Å². The topological polar surface area (TPSA) is 126 Å². The third-order valence-electron chi connectivity index (χ3n) is 2.87. The Hall–Kier alpha value is -2.64. The second kappa shape index (κ2) is 4.56. The molecule has 1 aliphatic heterocycles. The fraction of sp³-hybridized carbons (Fsp3) is 0.273. The van der Waals surface area contributed by atoms with Gasteiger partial charge in [0.25, 0.3) is 0 Å². The van der Waals surface area contributed by atoms with Crippen molar-refractivity contribution < 1.29 is 19.5 Å². The van der Waals surface area contributed by atoms with Crippen molar-refractivity contribution in [3.8, 4) is 0 Å². The van der Waals surface area contributed by atoms with Crippen molar-refractivity contribution in [2.75, 3.05) is 17.2 Å². The fourth-order valence-electron chi connectivity index (χ4n) is 1.87. The molecule has 2 heterocycles. The molecule has 0 radical (unpaired) electrons. The van der Waals surface area contributed by atoms with Gasteiger partial charge in [-0.15, -0.1) is 0 Å².